The monoisotopic (exact) mass is 816 g/mol. The van der Waals surface area contributed by atoms with E-state index in [0.717, 1.165) is 16.6 Å². The minimum absolute atomic E-state index is 0.0481. The van der Waals surface area contributed by atoms with Gasteiger partial charge < -0.3 is 24.4 Å². The molecule has 3 saturated heterocycles. The topological polar surface area (TPSA) is 160 Å². The van der Waals surface area contributed by atoms with Crippen molar-refractivity contribution in [3.05, 3.63) is 69.7 Å². The van der Waals surface area contributed by atoms with Crippen LogP contribution in [0.2, 0.25) is 5.02 Å². The Morgan fingerprint density at radius 3 is 2.57 bits per heavy atom. The van der Waals surface area contributed by atoms with Crippen molar-refractivity contribution in [1.82, 2.24) is 34.5 Å². The second-order valence-corrected chi connectivity index (χ2v) is 15.4. The number of benzene rings is 2. The Hall–Kier alpha value is -5.68. The first-order chi connectivity index (χ1) is 27.8. The van der Waals surface area contributed by atoms with Crippen molar-refractivity contribution in [3.63, 3.8) is 0 Å². The molecule has 58 heavy (non-hydrogen) atoms. The number of halogens is 3. The van der Waals surface area contributed by atoms with E-state index in [0.29, 0.717) is 67.8 Å². The number of piperazine rings is 1. The number of amides is 2. The average Bonchev–Trinajstić information content (AvgIpc) is 3.54. The van der Waals surface area contributed by atoms with Gasteiger partial charge in [0.25, 0.3) is 11.5 Å². The number of ether oxygens (including phenoxy) is 1. The fourth-order valence-corrected chi connectivity index (χ4v) is 8.40. The number of aryl methyl sites for hydroxylation is 2. The van der Waals surface area contributed by atoms with Crippen molar-refractivity contribution < 1.29 is 27.9 Å². The molecule has 2 atom stereocenters. The molecule has 3 aromatic heterocycles. The molecule has 5 aromatic rings. The number of piperidine rings is 2. The maximum atomic E-state index is 16.1. The summed E-state index contributed by atoms with van der Waals surface area (Å²) in [6, 6.07) is 11.7. The minimum Gasteiger partial charge on any atom is -0.480 e. The lowest BCUT2D eigenvalue weighted by Crippen LogP contribution is -2.62. The van der Waals surface area contributed by atoms with E-state index in [1.807, 2.05) is 30.1 Å². The summed E-state index contributed by atoms with van der Waals surface area (Å²) in [7, 11) is 3.45. The van der Waals surface area contributed by atoms with E-state index in [4.69, 9.17) is 21.4 Å². The number of nitrogens with one attached hydrogen (secondary N) is 2. The van der Waals surface area contributed by atoms with Crippen LogP contribution in [-0.2, 0) is 28.5 Å². The zero-order valence-electron chi connectivity index (χ0n) is 32.3. The van der Waals surface area contributed by atoms with Gasteiger partial charge in [-0.25, -0.2) is 13.8 Å². The number of aromatic nitrogens is 5. The van der Waals surface area contributed by atoms with Crippen LogP contribution in [0.15, 0.2) is 53.5 Å². The number of para-hydroxylation sites is 1. The molecule has 6 heterocycles. The summed E-state index contributed by atoms with van der Waals surface area (Å²) in [5, 5.41) is 12.0. The van der Waals surface area contributed by atoms with Gasteiger partial charge in [-0.15, -0.1) is 0 Å². The number of carbonyl (C=O) groups is 3. The number of nitrogens with zero attached hydrogens (tertiary/aromatic N) is 8. The number of fused-ring (bicyclic) bond motifs is 2. The van der Waals surface area contributed by atoms with Gasteiger partial charge >= 0.3 is 0 Å². The van der Waals surface area contributed by atoms with Crippen LogP contribution in [0.25, 0.3) is 21.8 Å². The number of imide groups is 1. The fraction of sp³-hybridized carbons (Fsp3) is 0.425. The lowest BCUT2D eigenvalue weighted by molar-refractivity contribution is -0.134. The Morgan fingerprint density at radius 1 is 1.03 bits per heavy atom. The first kappa shape index (κ1) is 39.2. The minimum atomic E-state index is -3.06. The molecule has 0 bridgehead atoms. The summed E-state index contributed by atoms with van der Waals surface area (Å²) >= 11 is 6.49. The summed E-state index contributed by atoms with van der Waals surface area (Å²) in [4.78, 5) is 63.5. The third-order valence-electron chi connectivity index (χ3n) is 11.3. The van der Waals surface area contributed by atoms with Crippen molar-refractivity contribution in [2.45, 2.75) is 50.5 Å². The molecule has 3 fully saturated rings. The lowest BCUT2D eigenvalue weighted by Gasteiger charge is -2.46. The first-order valence-corrected chi connectivity index (χ1v) is 19.7. The summed E-state index contributed by atoms with van der Waals surface area (Å²) in [6.45, 7) is 3.19. The predicted molar refractivity (Wildman–Crippen MR) is 215 cm³/mol. The average molecular weight is 817 g/mol. The van der Waals surface area contributed by atoms with Crippen LogP contribution in [0.3, 0.4) is 0 Å². The number of rotatable bonds is 10. The highest BCUT2D eigenvalue weighted by Gasteiger charge is 2.48. The number of Topliss-reactive ketones (excluding diaryl/α,β-unsaturated/α-hetero) is 1. The second-order valence-electron chi connectivity index (χ2n) is 15.0. The van der Waals surface area contributed by atoms with Crippen LogP contribution in [0, 0.1) is 0 Å². The normalized spacial score (nSPS) is 20.1. The molecular formula is C40H43ClF2N10O5. The number of hydrogen-bond acceptors (Lipinski definition) is 12. The number of pyridine rings is 1. The number of alkyl halides is 2. The summed E-state index contributed by atoms with van der Waals surface area (Å²) in [6.07, 6.45) is 2.53. The van der Waals surface area contributed by atoms with Crippen molar-refractivity contribution in [2.75, 3.05) is 61.0 Å². The third-order valence-corrected chi connectivity index (χ3v) is 11.6. The summed E-state index contributed by atoms with van der Waals surface area (Å²) < 4.78 is 40.9. The molecule has 2 N–H and O–H groups in total. The Balaban J connectivity index is 0.932. The molecule has 2 aromatic carbocycles. The van der Waals surface area contributed by atoms with E-state index in [1.54, 1.807) is 42.9 Å². The molecule has 2 amide bonds. The zero-order chi connectivity index (χ0) is 40.9. The predicted octanol–water partition coefficient (Wildman–Crippen LogP) is 4.53. The van der Waals surface area contributed by atoms with Gasteiger partial charge in [0.2, 0.25) is 17.8 Å². The van der Waals surface area contributed by atoms with Crippen molar-refractivity contribution in [1.29, 1.82) is 0 Å². The van der Waals surface area contributed by atoms with Gasteiger partial charge in [-0.2, -0.15) is 10.1 Å². The molecule has 8 rings (SSSR count). The first-order valence-electron chi connectivity index (χ1n) is 19.3. The molecule has 2 unspecified atom stereocenters. The van der Waals surface area contributed by atoms with E-state index in [2.05, 4.69) is 25.5 Å². The van der Waals surface area contributed by atoms with Gasteiger partial charge in [0.1, 0.15) is 11.6 Å². The molecule has 18 heteroatoms. The van der Waals surface area contributed by atoms with Gasteiger partial charge in [0.15, 0.2) is 17.4 Å². The fourth-order valence-electron chi connectivity index (χ4n) is 8.26. The Kier molecular flexibility index (Phi) is 10.5. The van der Waals surface area contributed by atoms with Crippen LogP contribution in [0.1, 0.15) is 44.2 Å². The van der Waals surface area contributed by atoms with Crippen molar-refractivity contribution in [2.24, 2.45) is 14.1 Å². The van der Waals surface area contributed by atoms with Gasteiger partial charge in [-0.05, 0) is 43.2 Å². The number of carbonyl (C=O) groups excluding carboxylic acids is 3. The molecule has 3 aliphatic rings. The smallest absolute Gasteiger partial charge is 0.293 e. The molecule has 0 saturated carbocycles. The largest absolute Gasteiger partial charge is 0.480 e. The molecule has 0 spiro atoms. The van der Waals surface area contributed by atoms with E-state index < -0.39 is 24.4 Å². The third kappa shape index (κ3) is 7.43. The van der Waals surface area contributed by atoms with Crippen LogP contribution < -0.4 is 30.7 Å². The number of ketones is 1. The lowest BCUT2D eigenvalue weighted by atomic mass is 9.92. The highest BCUT2D eigenvalue weighted by atomic mass is 35.5. The quantitative estimate of drug-likeness (QED) is 0.190. The van der Waals surface area contributed by atoms with E-state index >= 15 is 8.78 Å². The second kappa shape index (κ2) is 15.6. The van der Waals surface area contributed by atoms with Crippen molar-refractivity contribution >= 4 is 74.1 Å². The van der Waals surface area contributed by atoms with E-state index in [1.165, 1.54) is 15.7 Å². The molecule has 15 nitrogen and oxygen atoms in total. The number of anilines is 4. The Bertz CT molecular complexity index is 2500. The van der Waals surface area contributed by atoms with E-state index in [9.17, 15) is 19.2 Å². The molecular weight excluding hydrogens is 774 g/mol. The Morgan fingerprint density at radius 2 is 1.83 bits per heavy atom. The van der Waals surface area contributed by atoms with Crippen LogP contribution in [0.4, 0.5) is 31.9 Å². The molecule has 0 radical (unpaired) electrons. The maximum Gasteiger partial charge on any atom is 0.293 e. The zero-order valence-corrected chi connectivity index (χ0v) is 33.1. The Labute approximate surface area is 336 Å². The summed E-state index contributed by atoms with van der Waals surface area (Å²) in [5.74, 6) is -3.94. The maximum absolute atomic E-state index is 16.1. The van der Waals surface area contributed by atoms with Gasteiger partial charge in [-0.3, -0.25) is 34.1 Å². The van der Waals surface area contributed by atoms with Gasteiger partial charge in [0, 0.05) is 76.1 Å². The SMILES string of the molecule is CCC(=O)COc1cc2cc(Nc3nc(N4CCC(N5CCN(c6cccc7c(C8CCC(=O)NC8=O)nn(C)c67)CC5)C(F)(F)C4)ncc3Cl)ccc2n(C)c1=O. The molecule has 3 aliphatic heterocycles. The van der Waals surface area contributed by atoms with Crippen LogP contribution >= 0.6 is 11.6 Å². The van der Waals surface area contributed by atoms with Crippen LogP contribution in [-0.4, -0.2) is 105 Å². The molecule has 0 aliphatic carbocycles. The van der Waals surface area contributed by atoms with Crippen LogP contribution in [0.5, 0.6) is 5.75 Å². The highest BCUT2D eigenvalue weighted by Crippen LogP contribution is 2.38. The standard InChI is InChI=1S/C40H43ClF2N10O5/c1-4-25(54)21-58-31-19-23-18-24(8-10-29(23)49(2)38(31)57)45-36-28(41)20-44-39(47-36)53-13-12-32(40(42,43)22-53)52-16-14-51(15-17-52)30-7-5-6-26-34(48-50(3)35(26)30)27-9-11-33(55)46-37(27)56/h5-8,10,18-20,27,32H,4,9,11-17,21-22H2,1-3H3,(H,44,45,47)(H,46,55,56). The molecule has 304 valence electrons. The van der Waals surface area contributed by atoms with Crippen molar-refractivity contribution in [3.8, 4) is 5.75 Å². The highest BCUT2D eigenvalue weighted by molar-refractivity contribution is 6.33. The van der Waals surface area contributed by atoms with Gasteiger partial charge in [-0.1, -0.05) is 30.7 Å². The van der Waals surface area contributed by atoms with Gasteiger partial charge in [0.05, 0.1) is 47.1 Å². The van der Waals surface area contributed by atoms with E-state index in [-0.39, 0.29) is 65.1 Å². The number of hydrogen-bond donors (Lipinski definition) is 2. The summed E-state index contributed by atoms with van der Waals surface area (Å²) in [5.41, 5.74) is 3.25.